The molecule has 1 unspecified atom stereocenters. The number of halogens is 2. The van der Waals surface area contributed by atoms with Gasteiger partial charge in [0.15, 0.2) is 0 Å². The van der Waals surface area contributed by atoms with E-state index in [2.05, 4.69) is 0 Å². The van der Waals surface area contributed by atoms with E-state index in [9.17, 15) is 14.0 Å². The third-order valence-electron chi connectivity index (χ3n) is 4.90. The summed E-state index contributed by atoms with van der Waals surface area (Å²) in [6.07, 6.45) is -0.355. The van der Waals surface area contributed by atoms with Crippen molar-refractivity contribution in [3.63, 3.8) is 0 Å². The fraction of sp³-hybridized carbons (Fsp3) is 0.364. The van der Waals surface area contributed by atoms with Crippen LogP contribution in [-0.4, -0.2) is 74.2 Å². The molecule has 1 aliphatic heterocycles. The lowest BCUT2D eigenvalue weighted by Crippen LogP contribution is -2.51. The van der Waals surface area contributed by atoms with Crippen LogP contribution in [-0.2, 0) is 9.47 Å². The molecule has 0 aliphatic carbocycles. The fourth-order valence-electron chi connectivity index (χ4n) is 3.32. The molecule has 1 saturated heterocycles. The van der Waals surface area contributed by atoms with Crippen molar-refractivity contribution >= 4 is 23.4 Å². The Hall–Kier alpha value is -2.48. The number of hydrogen-bond donors (Lipinski definition) is 0. The van der Waals surface area contributed by atoms with Crippen molar-refractivity contribution in [2.45, 2.75) is 6.10 Å². The predicted octanol–water partition coefficient (Wildman–Crippen LogP) is 3.11. The van der Waals surface area contributed by atoms with Gasteiger partial charge in [-0.3, -0.25) is 9.59 Å². The van der Waals surface area contributed by atoms with Gasteiger partial charge in [-0.2, -0.15) is 0 Å². The number of morpholine rings is 1. The summed E-state index contributed by atoms with van der Waals surface area (Å²) in [5, 5.41) is 0.402. The Morgan fingerprint density at radius 2 is 1.97 bits per heavy atom. The van der Waals surface area contributed by atoms with Gasteiger partial charge in [0, 0.05) is 38.9 Å². The lowest BCUT2D eigenvalue weighted by atomic mass is 10.1. The second-order valence-electron chi connectivity index (χ2n) is 6.97. The highest BCUT2D eigenvalue weighted by Gasteiger charge is 2.29. The van der Waals surface area contributed by atoms with Gasteiger partial charge in [-0.1, -0.05) is 23.7 Å². The molecule has 1 atom stereocenters. The number of hydrogen-bond acceptors (Lipinski definition) is 4. The van der Waals surface area contributed by atoms with E-state index in [0.717, 1.165) is 0 Å². The zero-order valence-electron chi connectivity index (χ0n) is 16.7. The Morgan fingerprint density at radius 1 is 1.23 bits per heavy atom. The Bertz CT molecular complexity index is 878. The average Bonchev–Trinajstić information content (AvgIpc) is 2.77. The van der Waals surface area contributed by atoms with Gasteiger partial charge in [-0.05, 0) is 36.4 Å². The number of rotatable bonds is 7. The van der Waals surface area contributed by atoms with Crippen LogP contribution in [0.2, 0.25) is 5.02 Å². The molecule has 2 aromatic rings. The van der Waals surface area contributed by atoms with Crippen molar-refractivity contribution in [2.24, 2.45) is 0 Å². The van der Waals surface area contributed by atoms with E-state index in [-0.39, 0.29) is 24.5 Å². The zero-order valence-corrected chi connectivity index (χ0v) is 17.5. The first kappa shape index (κ1) is 22.2. The highest BCUT2D eigenvalue weighted by molar-refractivity contribution is 6.33. The first-order chi connectivity index (χ1) is 14.5. The van der Waals surface area contributed by atoms with Gasteiger partial charge >= 0.3 is 0 Å². The monoisotopic (exact) mass is 434 g/mol. The summed E-state index contributed by atoms with van der Waals surface area (Å²) in [7, 11) is 1.56. The van der Waals surface area contributed by atoms with E-state index in [1.54, 1.807) is 41.2 Å². The average molecular weight is 435 g/mol. The van der Waals surface area contributed by atoms with Crippen LogP contribution in [0.4, 0.5) is 4.39 Å². The number of ether oxygens (including phenoxy) is 2. The molecule has 0 spiro atoms. The molecule has 0 aromatic heterocycles. The summed E-state index contributed by atoms with van der Waals surface area (Å²) in [4.78, 5) is 29.1. The first-order valence-electron chi connectivity index (χ1n) is 9.68. The second-order valence-corrected chi connectivity index (χ2v) is 7.38. The molecule has 0 radical (unpaired) electrons. The van der Waals surface area contributed by atoms with Crippen molar-refractivity contribution in [1.29, 1.82) is 0 Å². The fourth-order valence-corrected chi connectivity index (χ4v) is 3.53. The maximum Gasteiger partial charge on any atom is 0.255 e. The third-order valence-corrected chi connectivity index (χ3v) is 5.23. The van der Waals surface area contributed by atoms with Crippen LogP contribution in [0.5, 0.6) is 0 Å². The van der Waals surface area contributed by atoms with Crippen molar-refractivity contribution in [1.82, 2.24) is 9.80 Å². The Kier molecular flexibility index (Phi) is 7.79. The van der Waals surface area contributed by atoms with E-state index in [0.29, 0.717) is 49.0 Å². The molecule has 1 heterocycles. The third kappa shape index (κ3) is 5.56. The highest BCUT2D eigenvalue weighted by atomic mass is 35.5. The molecular formula is C22H24ClFN2O4. The molecule has 8 heteroatoms. The van der Waals surface area contributed by atoms with Gasteiger partial charge in [0.25, 0.3) is 11.8 Å². The summed E-state index contributed by atoms with van der Waals surface area (Å²) < 4.78 is 24.1. The van der Waals surface area contributed by atoms with Gasteiger partial charge in [0.1, 0.15) is 5.82 Å². The summed E-state index contributed by atoms with van der Waals surface area (Å²) >= 11 is 6.16. The first-order valence-corrected chi connectivity index (χ1v) is 10.1. The molecule has 2 amide bonds. The van der Waals surface area contributed by atoms with E-state index in [1.165, 1.54) is 24.3 Å². The molecule has 0 bridgehead atoms. The number of amides is 2. The SMILES string of the molecule is COCCN(CC1CN(C(=O)c2ccccc2Cl)CCO1)C(=O)c1ccc(F)cc1. The van der Waals surface area contributed by atoms with E-state index in [4.69, 9.17) is 21.1 Å². The summed E-state index contributed by atoms with van der Waals surface area (Å²) in [5.74, 6) is -0.813. The molecule has 6 nitrogen and oxygen atoms in total. The van der Waals surface area contributed by atoms with Crippen molar-refractivity contribution in [3.8, 4) is 0 Å². The van der Waals surface area contributed by atoms with Crippen molar-refractivity contribution in [2.75, 3.05) is 46.5 Å². The van der Waals surface area contributed by atoms with Crippen LogP contribution in [0, 0.1) is 5.82 Å². The molecule has 3 rings (SSSR count). The van der Waals surface area contributed by atoms with Crippen LogP contribution >= 0.6 is 11.6 Å². The minimum Gasteiger partial charge on any atom is -0.383 e. The van der Waals surface area contributed by atoms with Crippen molar-refractivity contribution in [3.05, 3.63) is 70.5 Å². The predicted molar refractivity (Wildman–Crippen MR) is 111 cm³/mol. The largest absolute Gasteiger partial charge is 0.383 e. The molecule has 160 valence electrons. The van der Waals surface area contributed by atoms with Gasteiger partial charge in [0.2, 0.25) is 0 Å². The van der Waals surface area contributed by atoms with E-state index in [1.807, 2.05) is 0 Å². The highest BCUT2D eigenvalue weighted by Crippen LogP contribution is 2.19. The summed E-state index contributed by atoms with van der Waals surface area (Å²) in [6.45, 7) is 2.14. The van der Waals surface area contributed by atoms with Gasteiger partial charge in [0.05, 0.1) is 29.9 Å². The standard InChI is InChI=1S/C22H24ClFN2O4/c1-29-12-10-25(21(27)16-6-8-17(24)9-7-16)14-18-15-26(11-13-30-18)22(28)19-4-2-3-5-20(19)23/h2-9,18H,10-15H2,1H3. The maximum absolute atomic E-state index is 13.2. The number of methoxy groups -OCH3 is 1. The summed E-state index contributed by atoms with van der Waals surface area (Å²) in [6, 6.07) is 12.3. The minimum absolute atomic E-state index is 0.165. The summed E-state index contributed by atoms with van der Waals surface area (Å²) in [5.41, 5.74) is 0.825. The molecule has 30 heavy (non-hydrogen) atoms. The molecule has 0 N–H and O–H groups in total. The van der Waals surface area contributed by atoms with E-state index >= 15 is 0 Å². The van der Waals surface area contributed by atoms with Gasteiger partial charge in [-0.15, -0.1) is 0 Å². The zero-order chi connectivity index (χ0) is 21.5. The molecule has 2 aromatic carbocycles. The Morgan fingerprint density at radius 3 is 2.67 bits per heavy atom. The van der Waals surface area contributed by atoms with Crippen LogP contribution < -0.4 is 0 Å². The molecule has 1 fully saturated rings. The van der Waals surface area contributed by atoms with Crippen LogP contribution in [0.1, 0.15) is 20.7 Å². The lowest BCUT2D eigenvalue weighted by Gasteiger charge is -2.36. The second kappa shape index (κ2) is 10.5. The quantitative estimate of drug-likeness (QED) is 0.672. The number of benzene rings is 2. The number of carbonyl (C=O) groups excluding carboxylic acids is 2. The van der Waals surface area contributed by atoms with Crippen molar-refractivity contribution < 1.29 is 23.5 Å². The number of nitrogens with zero attached hydrogens (tertiary/aromatic N) is 2. The van der Waals surface area contributed by atoms with Gasteiger partial charge < -0.3 is 19.3 Å². The smallest absolute Gasteiger partial charge is 0.255 e. The molecule has 1 aliphatic rings. The number of carbonyl (C=O) groups is 2. The Balaban J connectivity index is 1.69. The van der Waals surface area contributed by atoms with Gasteiger partial charge in [-0.25, -0.2) is 4.39 Å². The van der Waals surface area contributed by atoms with Crippen LogP contribution in [0.25, 0.3) is 0 Å². The topological polar surface area (TPSA) is 59.1 Å². The Labute approximate surface area is 180 Å². The molecule has 0 saturated carbocycles. The minimum atomic E-state index is -0.403. The van der Waals surface area contributed by atoms with Crippen LogP contribution in [0.3, 0.4) is 0 Å². The lowest BCUT2D eigenvalue weighted by molar-refractivity contribution is -0.0346. The maximum atomic E-state index is 13.2. The van der Waals surface area contributed by atoms with Crippen LogP contribution in [0.15, 0.2) is 48.5 Å². The normalized spacial score (nSPS) is 16.4. The van der Waals surface area contributed by atoms with E-state index < -0.39 is 5.82 Å². The molecular weight excluding hydrogens is 411 g/mol.